The van der Waals surface area contributed by atoms with Gasteiger partial charge >= 0.3 is 0 Å². The predicted octanol–water partition coefficient (Wildman–Crippen LogP) is 2.35. The van der Waals surface area contributed by atoms with Crippen LogP contribution < -0.4 is 5.32 Å². The van der Waals surface area contributed by atoms with E-state index >= 15 is 0 Å². The maximum atomic E-state index is 12.8. The summed E-state index contributed by atoms with van der Waals surface area (Å²) in [5.74, 6) is 1.18. The topological polar surface area (TPSA) is 88.3 Å². The number of rotatable bonds is 7. The molecule has 1 saturated heterocycles. The fourth-order valence-electron chi connectivity index (χ4n) is 3.16. The van der Waals surface area contributed by atoms with E-state index in [9.17, 15) is 8.42 Å². The number of nitrogens with zero attached hydrogens (tertiary/aromatic N) is 3. The summed E-state index contributed by atoms with van der Waals surface area (Å²) in [6.07, 6.45) is 2.34. The minimum absolute atomic E-state index is 0. The fourth-order valence-corrected chi connectivity index (χ4v) is 4.78. The van der Waals surface area contributed by atoms with Crippen molar-refractivity contribution < 1.29 is 12.9 Å². The second kappa shape index (κ2) is 9.64. The van der Waals surface area contributed by atoms with Crippen LogP contribution in [0.1, 0.15) is 43.0 Å². The lowest BCUT2D eigenvalue weighted by molar-refractivity contribution is 0.265. The zero-order valence-electron chi connectivity index (χ0n) is 15.7. The quantitative estimate of drug-likeness (QED) is 0.748. The summed E-state index contributed by atoms with van der Waals surface area (Å²) in [4.78, 5) is 4.48. The maximum Gasteiger partial charge on any atom is 0.231 e. The van der Waals surface area contributed by atoms with Crippen LogP contribution in [0.4, 0.5) is 0 Å². The monoisotopic (exact) mass is 414 g/mol. The van der Waals surface area contributed by atoms with Gasteiger partial charge in [0.15, 0.2) is 5.82 Å². The first-order valence-corrected chi connectivity index (χ1v) is 10.6. The van der Waals surface area contributed by atoms with Gasteiger partial charge in [-0.3, -0.25) is 0 Å². The van der Waals surface area contributed by atoms with Gasteiger partial charge in [0.25, 0.3) is 0 Å². The van der Waals surface area contributed by atoms with Gasteiger partial charge in [0.2, 0.25) is 15.9 Å². The Morgan fingerprint density at radius 1 is 1.33 bits per heavy atom. The second-order valence-corrected chi connectivity index (χ2v) is 8.85. The zero-order chi connectivity index (χ0) is 18.6. The van der Waals surface area contributed by atoms with Gasteiger partial charge in [0.05, 0.1) is 11.7 Å². The van der Waals surface area contributed by atoms with Crippen molar-refractivity contribution in [3.8, 4) is 0 Å². The predicted molar refractivity (Wildman–Crippen MR) is 106 cm³/mol. The van der Waals surface area contributed by atoms with Gasteiger partial charge in [0, 0.05) is 25.6 Å². The molecule has 0 aliphatic carbocycles. The van der Waals surface area contributed by atoms with Crippen molar-refractivity contribution in [3.05, 3.63) is 47.6 Å². The van der Waals surface area contributed by atoms with Crippen LogP contribution >= 0.6 is 12.4 Å². The lowest BCUT2D eigenvalue weighted by atomic mass is 10.00. The van der Waals surface area contributed by atoms with Crippen LogP contribution in [0.3, 0.4) is 0 Å². The van der Waals surface area contributed by atoms with Gasteiger partial charge < -0.3 is 9.84 Å². The molecule has 1 aliphatic rings. The number of hydrogen-bond acceptors (Lipinski definition) is 6. The summed E-state index contributed by atoms with van der Waals surface area (Å²) in [7, 11) is -1.47. The molecular weight excluding hydrogens is 388 g/mol. The van der Waals surface area contributed by atoms with Crippen molar-refractivity contribution in [3.63, 3.8) is 0 Å². The van der Waals surface area contributed by atoms with Crippen LogP contribution in [0.25, 0.3) is 0 Å². The SMILES string of the molecule is CNC(C)Cc1noc(C2CCCN(S(=O)(=O)Cc3ccccc3)C2)n1.Cl. The second-order valence-electron chi connectivity index (χ2n) is 6.88. The van der Waals surface area contributed by atoms with Crippen LogP contribution in [0.2, 0.25) is 0 Å². The lowest BCUT2D eigenvalue weighted by Crippen LogP contribution is -2.39. The molecule has 2 unspecified atom stereocenters. The lowest BCUT2D eigenvalue weighted by Gasteiger charge is -2.30. The Morgan fingerprint density at radius 2 is 2.07 bits per heavy atom. The molecule has 150 valence electrons. The van der Waals surface area contributed by atoms with E-state index in [0.29, 0.717) is 31.2 Å². The molecule has 0 amide bonds. The summed E-state index contributed by atoms with van der Waals surface area (Å²) in [6, 6.07) is 9.54. The number of hydrogen-bond donors (Lipinski definition) is 1. The average Bonchev–Trinajstić information content (AvgIpc) is 3.10. The first kappa shape index (κ1) is 21.8. The summed E-state index contributed by atoms with van der Waals surface area (Å²) < 4.78 is 32.5. The summed E-state index contributed by atoms with van der Waals surface area (Å²) in [6.45, 7) is 3.00. The first-order chi connectivity index (χ1) is 12.5. The molecule has 2 atom stereocenters. The smallest absolute Gasteiger partial charge is 0.231 e. The van der Waals surface area contributed by atoms with Gasteiger partial charge in [-0.15, -0.1) is 12.4 Å². The van der Waals surface area contributed by atoms with Gasteiger partial charge in [-0.2, -0.15) is 4.98 Å². The third kappa shape index (κ3) is 5.75. The van der Waals surface area contributed by atoms with Gasteiger partial charge in [0.1, 0.15) is 0 Å². The van der Waals surface area contributed by atoms with Crippen LogP contribution in [-0.2, 0) is 22.2 Å². The molecule has 27 heavy (non-hydrogen) atoms. The maximum absolute atomic E-state index is 12.8. The number of benzene rings is 1. The van der Waals surface area contributed by atoms with E-state index in [0.717, 1.165) is 18.4 Å². The molecule has 0 spiro atoms. The molecule has 1 fully saturated rings. The molecule has 1 N–H and O–H groups in total. The number of piperidine rings is 1. The van der Waals surface area contributed by atoms with Crippen molar-refractivity contribution in [2.75, 3.05) is 20.1 Å². The summed E-state index contributed by atoms with van der Waals surface area (Å²) >= 11 is 0. The van der Waals surface area contributed by atoms with Crippen molar-refractivity contribution in [2.45, 2.75) is 43.9 Å². The molecule has 1 aromatic carbocycles. The van der Waals surface area contributed by atoms with Crippen molar-refractivity contribution in [2.24, 2.45) is 0 Å². The van der Waals surface area contributed by atoms with Crippen molar-refractivity contribution in [1.29, 1.82) is 0 Å². The average molecular weight is 415 g/mol. The molecule has 0 radical (unpaired) electrons. The van der Waals surface area contributed by atoms with E-state index in [-0.39, 0.29) is 30.1 Å². The Morgan fingerprint density at radius 3 is 2.78 bits per heavy atom. The van der Waals surface area contributed by atoms with Gasteiger partial charge in [-0.05, 0) is 32.4 Å². The Labute approximate surface area is 167 Å². The normalized spacial score (nSPS) is 19.4. The van der Waals surface area contributed by atoms with E-state index in [1.54, 1.807) is 4.31 Å². The number of halogens is 1. The Bertz CT molecular complexity index is 813. The van der Waals surface area contributed by atoms with E-state index < -0.39 is 10.0 Å². The largest absolute Gasteiger partial charge is 0.339 e. The minimum Gasteiger partial charge on any atom is -0.339 e. The van der Waals surface area contributed by atoms with Crippen molar-refractivity contribution in [1.82, 2.24) is 19.8 Å². The van der Waals surface area contributed by atoms with Crippen LogP contribution in [0.5, 0.6) is 0 Å². The fraction of sp³-hybridized carbons (Fsp3) is 0.556. The molecule has 0 bridgehead atoms. The molecule has 7 nitrogen and oxygen atoms in total. The molecular formula is C18H27ClN4O3S. The molecule has 1 aromatic heterocycles. The molecule has 3 rings (SSSR count). The van der Waals surface area contributed by atoms with E-state index in [2.05, 4.69) is 22.4 Å². The molecule has 9 heteroatoms. The number of sulfonamides is 1. The minimum atomic E-state index is -3.36. The van der Waals surface area contributed by atoms with Crippen LogP contribution in [0, 0.1) is 0 Å². The van der Waals surface area contributed by atoms with E-state index in [1.165, 1.54) is 0 Å². The molecule has 1 aliphatic heterocycles. The zero-order valence-corrected chi connectivity index (χ0v) is 17.3. The van der Waals surface area contributed by atoms with Gasteiger partial charge in [-0.1, -0.05) is 35.5 Å². The van der Waals surface area contributed by atoms with Gasteiger partial charge in [-0.25, -0.2) is 12.7 Å². The highest BCUT2D eigenvalue weighted by molar-refractivity contribution is 7.88. The summed E-state index contributed by atoms with van der Waals surface area (Å²) in [5, 5.41) is 7.18. The molecule has 0 saturated carbocycles. The van der Waals surface area contributed by atoms with E-state index in [4.69, 9.17) is 4.52 Å². The van der Waals surface area contributed by atoms with E-state index in [1.807, 2.05) is 37.4 Å². The highest BCUT2D eigenvalue weighted by Crippen LogP contribution is 2.28. The molecule has 2 aromatic rings. The van der Waals surface area contributed by atoms with Crippen LogP contribution in [0.15, 0.2) is 34.9 Å². The Kier molecular flexibility index (Phi) is 7.79. The molecule has 2 heterocycles. The Hall–Kier alpha value is -1.48. The highest BCUT2D eigenvalue weighted by atomic mass is 35.5. The Balaban J connectivity index is 0.00000261. The number of nitrogens with one attached hydrogen (secondary N) is 1. The third-order valence-electron chi connectivity index (χ3n) is 4.78. The van der Waals surface area contributed by atoms with Crippen molar-refractivity contribution >= 4 is 22.4 Å². The van der Waals surface area contributed by atoms with Crippen LogP contribution in [-0.4, -0.2) is 49.0 Å². The number of aromatic nitrogens is 2. The summed E-state index contributed by atoms with van der Waals surface area (Å²) in [5.41, 5.74) is 0.802. The first-order valence-electron chi connectivity index (χ1n) is 8.99. The number of likely N-dealkylation sites (N-methyl/N-ethyl adjacent to an activating group) is 1. The third-order valence-corrected chi connectivity index (χ3v) is 6.60. The highest BCUT2D eigenvalue weighted by Gasteiger charge is 2.32. The standard InChI is InChI=1S/C18H26N4O3S.ClH/c1-14(19-2)11-17-20-18(25-21-17)16-9-6-10-22(12-16)26(23,24)13-15-7-4-3-5-8-15;/h3-5,7-8,14,16,19H,6,9-13H2,1-2H3;1H.